The molecule has 0 fully saturated rings. The van der Waals surface area contributed by atoms with Crippen molar-refractivity contribution in [3.63, 3.8) is 0 Å². The lowest BCUT2D eigenvalue weighted by Gasteiger charge is -2.07. The molecule has 0 atom stereocenters. The maximum Gasteiger partial charge on any atom is 0.0622 e. The van der Waals surface area contributed by atoms with Crippen molar-refractivity contribution < 1.29 is 0 Å². The standard InChI is InChI=1S/C13H16N2/c14-8-1-2-9-15-13-7-6-11-4-3-5-12(11)10-13/h6-7,10,15H,1-5,9H2. The predicted molar refractivity (Wildman–Crippen MR) is 61.8 cm³/mol. The molecule has 1 aliphatic carbocycles. The normalized spacial score (nSPS) is 13.3. The molecule has 0 saturated heterocycles. The van der Waals surface area contributed by atoms with Crippen molar-refractivity contribution in [3.8, 4) is 6.07 Å². The van der Waals surface area contributed by atoms with Crippen LogP contribution in [0.2, 0.25) is 0 Å². The molecule has 1 aromatic carbocycles. The van der Waals surface area contributed by atoms with Crippen LogP contribution in [-0.2, 0) is 12.8 Å². The van der Waals surface area contributed by atoms with Crippen LogP contribution in [0.1, 0.15) is 30.4 Å². The number of unbranched alkanes of at least 4 members (excludes halogenated alkanes) is 1. The molecule has 0 spiro atoms. The smallest absolute Gasteiger partial charge is 0.0622 e. The molecule has 0 aromatic heterocycles. The van der Waals surface area contributed by atoms with Crippen LogP contribution in [0.3, 0.4) is 0 Å². The van der Waals surface area contributed by atoms with E-state index in [2.05, 4.69) is 29.6 Å². The molecular weight excluding hydrogens is 184 g/mol. The van der Waals surface area contributed by atoms with Gasteiger partial charge in [0.25, 0.3) is 0 Å². The van der Waals surface area contributed by atoms with Crippen LogP contribution in [0.15, 0.2) is 18.2 Å². The SMILES string of the molecule is N#CCCCNc1ccc2c(c1)CCC2. The van der Waals surface area contributed by atoms with Crippen molar-refractivity contribution in [2.24, 2.45) is 0 Å². The third kappa shape index (κ3) is 2.50. The first-order valence-electron chi connectivity index (χ1n) is 5.63. The van der Waals surface area contributed by atoms with Crippen molar-refractivity contribution in [1.82, 2.24) is 0 Å². The Bertz CT molecular complexity index is 377. The first-order chi connectivity index (χ1) is 7.40. The number of nitrogens with zero attached hydrogens (tertiary/aromatic N) is 1. The fraction of sp³-hybridized carbons (Fsp3) is 0.462. The third-order valence-corrected chi connectivity index (χ3v) is 2.89. The van der Waals surface area contributed by atoms with Gasteiger partial charge in [-0.2, -0.15) is 5.26 Å². The molecule has 1 aliphatic rings. The zero-order valence-corrected chi connectivity index (χ0v) is 8.92. The van der Waals surface area contributed by atoms with E-state index in [4.69, 9.17) is 5.26 Å². The van der Waals surface area contributed by atoms with E-state index in [1.807, 2.05) is 0 Å². The molecule has 2 heteroatoms. The van der Waals surface area contributed by atoms with E-state index < -0.39 is 0 Å². The van der Waals surface area contributed by atoms with Gasteiger partial charge in [-0.1, -0.05) is 6.07 Å². The summed E-state index contributed by atoms with van der Waals surface area (Å²) < 4.78 is 0. The summed E-state index contributed by atoms with van der Waals surface area (Å²) in [4.78, 5) is 0. The van der Waals surface area contributed by atoms with Gasteiger partial charge >= 0.3 is 0 Å². The van der Waals surface area contributed by atoms with E-state index in [0.29, 0.717) is 6.42 Å². The Hall–Kier alpha value is -1.49. The van der Waals surface area contributed by atoms with E-state index in [0.717, 1.165) is 13.0 Å². The van der Waals surface area contributed by atoms with Gasteiger partial charge in [-0.3, -0.25) is 0 Å². The van der Waals surface area contributed by atoms with Gasteiger partial charge in [0.2, 0.25) is 0 Å². The summed E-state index contributed by atoms with van der Waals surface area (Å²) in [5.41, 5.74) is 4.21. The molecule has 0 radical (unpaired) electrons. The minimum atomic E-state index is 0.637. The topological polar surface area (TPSA) is 35.8 Å². The van der Waals surface area contributed by atoms with Crippen molar-refractivity contribution in [2.75, 3.05) is 11.9 Å². The first-order valence-corrected chi connectivity index (χ1v) is 5.63. The predicted octanol–water partition coefficient (Wildman–Crippen LogP) is 2.89. The summed E-state index contributed by atoms with van der Waals surface area (Å²) in [6.45, 7) is 0.895. The number of nitriles is 1. The fourth-order valence-corrected chi connectivity index (χ4v) is 2.08. The number of nitrogens with one attached hydrogen (secondary N) is 1. The van der Waals surface area contributed by atoms with Gasteiger partial charge in [0.15, 0.2) is 0 Å². The van der Waals surface area contributed by atoms with E-state index in [9.17, 15) is 0 Å². The largest absolute Gasteiger partial charge is 0.385 e. The minimum Gasteiger partial charge on any atom is -0.385 e. The molecule has 0 aliphatic heterocycles. The summed E-state index contributed by atoms with van der Waals surface area (Å²) in [5.74, 6) is 0. The Morgan fingerprint density at radius 2 is 2.13 bits per heavy atom. The van der Waals surface area contributed by atoms with Gasteiger partial charge in [0.05, 0.1) is 6.07 Å². The second-order valence-corrected chi connectivity index (χ2v) is 4.03. The fourth-order valence-electron chi connectivity index (χ4n) is 2.08. The number of fused-ring (bicyclic) bond motifs is 1. The maximum atomic E-state index is 8.41. The van der Waals surface area contributed by atoms with Gasteiger partial charge in [0.1, 0.15) is 0 Å². The summed E-state index contributed by atoms with van der Waals surface area (Å²) >= 11 is 0. The second kappa shape index (κ2) is 4.84. The summed E-state index contributed by atoms with van der Waals surface area (Å²) in [6, 6.07) is 8.79. The Labute approximate surface area is 90.9 Å². The van der Waals surface area contributed by atoms with Crippen LogP contribution >= 0.6 is 0 Å². The lowest BCUT2D eigenvalue weighted by Crippen LogP contribution is -2.01. The number of anilines is 1. The zero-order valence-electron chi connectivity index (χ0n) is 8.92. The number of hydrogen-bond donors (Lipinski definition) is 1. The lowest BCUT2D eigenvalue weighted by molar-refractivity contribution is 0.897. The summed E-state index contributed by atoms with van der Waals surface area (Å²) in [6.07, 6.45) is 5.33. The molecule has 0 unspecified atom stereocenters. The average molecular weight is 200 g/mol. The molecule has 1 N–H and O–H groups in total. The number of rotatable bonds is 4. The van der Waals surface area contributed by atoms with Crippen LogP contribution in [0.5, 0.6) is 0 Å². The van der Waals surface area contributed by atoms with Gasteiger partial charge in [0, 0.05) is 18.7 Å². The zero-order chi connectivity index (χ0) is 10.5. The van der Waals surface area contributed by atoms with Crippen LogP contribution in [0.25, 0.3) is 0 Å². The van der Waals surface area contributed by atoms with E-state index >= 15 is 0 Å². The van der Waals surface area contributed by atoms with Crippen LogP contribution in [0, 0.1) is 11.3 Å². The highest BCUT2D eigenvalue weighted by molar-refractivity contribution is 5.50. The molecular formula is C13H16N2. The molecule has 15 heavy (non-hydrogen) atoms. The molecule has 0 bridgehead atoms. The third-order valence-electron chi connectivity index (χ3n) is 2.89. The molecule has 2 rings (SSSR count). The van der Waals surface area contributed by atoms with Crippen molar-refractivity contribution in [3.05, 3.63) is 29.3 Å². The Morgan fingerprint density at radius 1 is 1.27 bits per heavy atom. The van der Waals surface area contributed by atoms with E-state index in [-0.39, 0.29) is 0 Å². The molecule has 78 valence electrons. The molecule has 0 amide bonds. The van der Waals surface area contributed by atoms with Gasteiger partial charge in [-0.05, 0) is 48.9 Å². The summed E-state index contributed by atoms with van der Waals surface area (Å²) in [7, 11) is 0. The Balaban J connectivity index is 1.90. The quantitative estimate of drug-likeness (QED) is 0.758. The minimum absolute atomic E-state index is 0.637. The highest BCUT2D eigenvalue weighted by Gasteiger charge is 2.10. The summed E-state index contributed by atoms with van der Waals surface area (Å²) in [5, 5.41) is 11.8. The van der Waals surface area contributed by atoms with Crippen LogP contribution < -0.4 is 5.32 Å². The lowest BCUT2D eigenvalue weighted by atomic mass is 10.1. The van der Waals surface area contributed by atoms with E-state index in [1.54, 1.807) is 0 Å². The highest BCUT2D eigenvalue weighted by Crippen LogP contribution is 2.24. The van der Waals surface area contributed by atoms with Crippen molar-refractivity contribution >= 4 is 5.69 Å². The highest BCUT2D eigenvalue weighted by atomic mass is 14.9. The molecule has 0 heterocycles. The van der Waals surface area contributed by atoms with Crippen LogP contribution in [-0.4, -0.2) is 6.54 Å². The first kappa shape index (κ1) is 10.0. The van der Waals surface area contributed by atoms with Gasteiger partial charge in [-0.25, -0.2) is 0 Å². The monoisotopic (exact) mass is 200 g/mol. The Morgan fingerprint density at radius 3 is 3.00 bits per heavy atom. The maximum absolute atomic E-state index is 8.41. The van der Waals surface area contributed by atoms with Crippen LogP contribution in [0.4, 0.5) is 5.69 Å². The van der Waals surface area contributed by atoms with Gasteiger partial charge in [-0.15, -0.1) is 0 Å². The number of hydrogen-bond acceptors (Lipinski definition) is 2. The van der Waals surface area contributed by atoms with Gasteiger partial charge < -0.3 is 5.32 Å². The van der Waals surface area contributed by atoms with Crippen molar-refractivity contribution in [2.45, 2.75) is 32.1 Å². The second-order valence-electron chi connectivity index (χ2n) is 4.03. The van der Waals surface area contributed by atoms with E-state index in [1.165, 1.54) is 36.1 Å². The molecule has 2 nitrogen and oxygen atoms in total. The molecule has 0 saturated carbocycles. The number of aryl methyl sites for hydroxylation is 2. The Kier molecular flexibility index (Phi) is 3.24. The average Bonchev–Trinajstić information content (AvgIpc) is 2.71. The number of benzene rings is 1. The molecule has 1 aromatic rings. The van der Waals surface area contributed by atoms with Crippen molar-refractivity contribution in [1.29, 1.82) is 5.26 Å².